The minimum absolute atomic E-state index is 0.0424. The molecule has 1 aliphatic rings. The lowest BCUT2D eigenvalue weighted by atomic mass is 10.3. The van der Waals surface area contributed by atoms with Gasteiger partial charge in [0.15, 0.2) is 0 Å². The minimum atomic E-state index is -4.33. The summed E-state index contributed by atoms with van der Waals surface area (Å²) in [5.74, 6) is 0.650. The van der Waals surface area contributed by atoms with Gasteiger partial charge in [0, 0.05) is 0 Å². The van der Waals surface area contributed by atoms with E-state index in [2.05, 4.69) is 12.2 Å². The number of rotatable bonds is 5. The summed E-state index contributed by atoms with van der Waals surface area (Å²) in [7, 11) is 0. The van der Waals surface area contributed by atoms with Gasteiger partial charge in [-0.05, 0) is 24.8 Å². The van der Waals surface area contributed by atoms with Crippen LogP contribution in [0.15, 0.2) is 0 Å². The maximum absolute atomic E-state index is 11.7. The lowest BCUT2D eigenvalue weighted by Gasteiger charge is -2.08. The van der Waals surface area contributed by atoms with E-state index in [0.717, 1.165) is 6.42 Å². The fraction of sp³-hybridized carbons (Fsp3) is 0.889. The van der Waals surface area contributed by atoms with Crippen molar-refractivity contribution >= 4 is 5.91 Å². The summed E-state index contributed by atoms with van der Waals surface area (Å²) < 4.78 is 35.1. The summed E-state index contributed by atoms with van der Waals surface area (Å²) in [5.41, 5.74) is 0. The molecule has 0 aromatic rings. The molecule has 3 nitrogen and oxygen atoms in total. The molecule has 1 saturated carbocycles. The molecule has 2 unspecified atom stereocenters. The molecule has 2 N–H and O–H groups in total. The maximum atomic E-state index is 11.7. The molecular weight excluding hydrogens is 209 g/mol. The van der Waals surface area contributed by atoms with Gasteiger partial charge in [0.1, 0.15) is 6.54 Å². The van der Waals surface area contributed by atoms with Crippen LogP contribution in [-0.4, -0.2) is 31.7 Å². The molecule has 6 heteroatoms. The van der Waals surface area contributed by atoms with Crippen molar-refractivity contribution in [3.63, 3.8) is 0 Å². The Kier molecular flexibility index (Phi) is 3.96. The first kappa shape index (κ1) is 12.3. The largest absolute Gasteiger partial charge is 0.405 e. The average molecular weight is 224 g/mol. The highest BCUT2D eigenvalue weighted by molar-refractivity contribution is 5.77. The molecule has 0 heterocycles. The number of carbonyl (C=O) groups is 1. The van der Waals surface area contributed by atoms with Crippen molar-refractivity contribution in [2.75, 3.05) is 19.6 Å². The Balaban J connectivity index is 1.99. The lowest BCUT2D eigenvalue weighted by Crippen LogP contribution is -2.39. The van der Waals surface area contributed by atoms with Gasteiger partial charge in [-0.1, -0.05) is 6.92 Å². The highest BCUT2D eigenvalue weighted by Crippen LogP contribution is 2.36. The number of alkyl halides is 3. The summed E-state index contributed by atoms with van der Waals surface area (Å²) in [6, 6.07) is 0. The second-order valence-electron chi connectivity index (χ2n) is 4.00. The second kappa shape index (κ2) is 4.83. The van der Waals surface area contributed by atoms with Crippen LogP contribution in [-0.2, 0) is 4.79 Å². The zero-order valence-corrected chi connectivity index (χ0v) is 8.53. The molecule has 2 atom stereocenters. The van der Waals surface area contributed by atoms with Gasteiger partial charge in [0.25, 0.3) is 0 Å². The number of carbonyl (C=O) groups excluding carboxylic acids is 1. The van der Waals surface area contributed by atoms with Gasteiger partial charge in [0.2, 0.25) is 5.91 Å². The summed E-state index contributed by atoms with van der Waals surface area (Å²) in [6.45, 7) is 1.52. The molecule has 0 bridgehead atoms. The van der Waals surface area contributed by atoms with Crippen LogP contribution >= 0.6 is 0 Å². The van der Waals surface area contributed by atoms with Gasteiger partial charge in [-0.15, -0.1) is 0 Å². The van der Waals surface area contributed by atoms with E-state index in [-0.39, 0.29) is 6.54 Å². The lowest BCUT2D eigenvalue weighted by molar-refractivity contribution is -0.137. The molecule has 15 heavy (non-hydrogen) atoms. The Labute approximate surface area is 86.4 Å². The third-order valence-electron chi connectivity index (χ3n) is 2.45. The summed E-state index contributed by atoms with van der Waals surface area (Å²) >= 11 is 0. The monoisotopic (exact) mass is 224 g/mol. The van der Waals surface area contributed by atoms with Gasteiger partial charge < -0.3 is 10.6 Å². The van der Waals surface area contributed by atoms with Crippen LogP contribution in [0.25, 0.3) is 0 Å². The molecule has 0 radical (unpaired) electrons. The topological polar surface area (TPSA) is 41.1 Å². The van der Waals surface area contributed by atoms with Gasteiger partial charge in [-0.3, -0.25) is 4.79 Å². The van der Waals surface area contributed by atoms with Gasteiger partial charge in [0.05, 0.1) is 6.54 Å². The van der Waals surface area contributed by atoms with E-state index in [1.54, 1.807) is 5.32 Å². The van der Waals surface area contributed by atoms with Gasteiger partial charge in [-0.2, -0.15) is 13.2 Å². The number of amides is 1. The van der Waals surface area contributed by atoms with Crippen LogP contribution < -0.4 is 10.6 Å². The first-order chi connectivity index (χ1) is 6.88. The standard InChI is InChI=1S/C9H15F3N2O/c1-6-2-7(6)3-13-4-8(15)14-5-9(10,11)12/h6-7,13H,2-5H2,1H3,(H,14,15). The Morgan fingerprint density at radius 3 is 2.53 bits per heavy atom. The summed E-state index contributed by atoms with van der Waals surface area (Å²) in [6.07, 6.45) is -3.20. The number of hydrogen-bond donors (Lipinski definition) is 2. The molecular formula is C9H15F3N2O. The van der Waals surface area contributed by atoms with Crippen molar-refractivity contribution in [2.45, 2.75) is 19.5 Å². The minimum Gasteiger partial charge on any atom is -0.346 e. The smallest absolute Gasteiger partial charge is 0.346 e. The third kappa shape index (κ3) is 5.61. The first-order valence-corrected chi connectivity index (χ1v) is 4.92. The SMILES string of the molecule is CC1CC1CNCC(=O)NCC(F)(F)F. The molecule has 88 valence electrons. The molecule has 0 saturated heterocycles. The summed E-state index contributed by atoms with van der Waals surface area (Å²) in [5, 5.41) is 4.64. The van der Waals surface area contributed by atoms with Crippen molar-refractivity contribution in [3.8, 4) is 0 Å². The Morgan fingerprint density at radius 2 is 2.07 bits per heavy atom. The van der Waals surface area contributed by atoms with Crippen LogP contribution in [0.5, 0.6) is 0 Å². The normalized spacial score (nSPS) is 25.1. The van der Waals surface area contributed by atoms with Crippen molar-refractivity contribution < 1.29 is 18.0 Å². The van der Waals surface area contributed by atoms with E-state index in [4.69, 9.17) is 0 Å². The highest BCUT2D eigenvalue weighted by Gasteiger charge is 2.32. The second-order valence-corrected chi connectivity index (χ2v) is 4.00. The Morgan fingerprint density at radius 1 is 1.47 bits per heavy atom. The zero-order valence-electron chi connectivity index (χ0n) is 8.53. The van der Waals surface area contributed by atoms with Crippen molar-refractivity contribution in [3.05, 3.63) is 0 Å². The van der Waals surface area contributed by atoms with E-state index in [1.807, 2.05) is 0 Å². The van der Waals surface area contributed by atoms with E-state index in [0.29, 0.717) is 18.4 Å². The van der Waals surface area contributed by atoms with E-state index in [9.17, 15) is 18.0 Å². The van der Waals surface area contributed by atoms with Crippen molar-refractivity contribution in [1.29, 1.82) is 0 Å². The Hall–Kier alpha value is -0.780. The molecule has 0 aromatic carbocycles. The quantitative estimate of drug-likeness (QED) is 0.728. The number of nitrogens with one attached hydrogen (secondary N) is 2. The molecule has 1 fully saturated rings. The molecule has 1 aliphatic carbocycles. The van der Waals surface area contributed by atoms with E-state index in [1.165, 1.54) is 0 Å². The van der Waals surface area contributed by atoms with Gasteiger partial charge >= 0.3 is 6.18 Å². The number of hydrogen-bond acceptors (Lipinski definition) is 2. The van der Waals surface area contributed by atoms with Crippen LogP contribution in [0.4, 0.5) is 13.2 Å². The molecule has 0 aliphatic heterocycles. The maximum Gasteiger partial charge on any atom is 0.405 e. The molecule has 0 aromatic heterocycles. The first-order valence-electron chi connectivity index (χ1n) is 4.92. The molecule has 1 amide bonds. The molecule has 1 rings (SSSR count). The van der Waals surface area contributed by atoms with Crippen LogP contribution in [0, 0.1) is 11.8 Å². The van der Waals surface area contributed by atoms with Gasteiger partial charge in [-0.25, -0.2) is 0 Å². The van der Waals surface area contributed by atoms with Crippen molar-refractivity contribution in [2.24, 2.45) is 11.8 Å². The predicted octanol–water partition coefficient (Wildman–Crippen LogP) is 0.910. The van der Waals surface area contributed by atoms with Crippen molar-refractivity contribution in [1.82, 2.24) is 10.6 Å². The fourth-order valence-corrected chi connectivity index (χ4v) is 1.32. The summed E-state index contributed by atoms with van der Waals surface area (Å²) in [4.78, 5) is 10.9. The predicted molar refractivity (Wildman–Crippen MR) is 49.2 cm³/mol. The third-order valence-corrected chi connectivity index (χ3v) is 2.45. The Bertz CT molecular complexity index is 230. The van der Waals surface area contributed by atoms with E-state index >= 15 is 0 Å². The average Bonchev–Trinajstić information content (AvgIpc) is 2.77. The molecule has 0 spiro atoms. The van der Waals surface area contributed by atoms with Crippen LogP contribution in [0.1, 0.15) is 13.3 Å². The van der Waals surface area contributed by atoms with Crippen LogP contribution in [0.3, 0.4) is 0 Å². The van der Waals surface area contributed by atoms with E-state index < -0.39 is 18.6 Å². The highest BCUT2D eigenvalue weighted by atomic mass is 19.4. The fourth-order valence-electron chi connectivity index (χ4n) is 1.32. The number of halogens is 3. The zero-order chi connectivity index (χ0) is 11.5. The van der Waals surface area contributed by atoms with Crippen LogP contribution in [0.2, 0.25) is 0 Å².